The smallest absolute Gasteiger partial charge is 0.186 e. The summed E-state index contributed by atoms with van der Waals surface area (Å²) < 4.78 is 11.2. The summed E-state index contributed by atoms with van der Waals surface area (Å²) in [7, 11) is 0. The Kier molecular flexibility index (Phi) is 10.5. The van der Waals surface area contributed by atoms with Gasteiger partial charge in [-0.3, -0.25) is 4.79 Å². The molecule has 0 aromatic heterocycles. The first-order valence-corrected chi connectivity index (χ1v) is 17.2. The van der Waals surface area contributed by atoms with Crippen LogP contribution in [0.25, 0.3) is 0 Å². The minimum atomic E-state index is -1.54. The lowest BCUT2D eigenvalue weighted by molar-refractivity contribution is -0.304. The standard InChI is InChI=1S/C34H58O11/c1-15(14-44-32-31(43)30(42)29(41)26(13-35)45-32)16(2)27(39)28(40)17(3)19-6-7-20-18-10-23(36)22-11-24(37)25(38)12-34(22,5)21(18)8-9-33(19,20)4/h15-22,24-32,35,37-43H,6-14H2,1-5H3/t15?,16-,17+,18+,19-,20+,21+,22-,24+,25-,26-,27-,28-,29-,30+,31-,32-,33-,34-/m1/s1. The SMILES string of the molecule is CC(CO[C@@H]1O[C@H](CO)[C@@H](O)[C@H](O)[C@H]1O)[C@@H](C)[C@@H](O)[C@H](O)[C@@H](C)[C@H]1CC[C@H]2[C@@H]3CC(=O)[C@H]4C[C@H](O)[C@H](O)C[C@]4(C)[C@H]3CC[C@]12C. The molecule has 0 bridgehead atoms. The summed E-state index contributed by atoms with van der Waals surface area (Å²) in [4.78, 5) is 13.5. The molecule has 1 saturated heterocycles. The Balaban J connectivity index is 1.21. The Bertz CT molecular complexity index is 1040. The summed E-state index contributed by atoms with van der Waals surface area (Å²) in [5.41, 5.74) is -0.402. The molecular formula is C34H58O11. The summed E-state index contributed by atoms with van der Waals surface area (Å²) in [5.74, 6) is 0.200. The maximum Gasteiger partial charge on any atom is 0.186 e. The molecule has 19 atom stereocenters. The minimum absolute atomic E-state index is 0.0494. The molecule has 1 aliphatic heterocycles. The van der Waals surface area contributed by atoms with Crippen LogP contribution in [0, 0.1) is 58.2 Å². The van der Waals surface area contributed by atoms with E-state index in [4.69, 9.17) is 9.47 Å². The zero-order valence-corrected chi connectivity index (χ0v) is 27.5. The van der Waals surface area contributed by atoms with Crippen LogP contribution < -0.4 is 0 Å². The van der Waals surface area contributed by atoms with Crippen LogP contribution in [-0.2, 0) is 14.3 Å². The van der Waals surface area contributed by atoms with Gasteiger partial charge in [-0.05, 0) is 90.8 Å². The molecule has 5 aliphatic rings. The van der Waals surface area contributed by atoms with Gasteiger partial charge in [-0.1, -0.05) is 34.6 Å². The number of aliphatic hydroxyl groups excluding tert-OH is 8. The van der Waals surface area contributed by atoms with Gasteiger partial charge >= 0.3 is 0 Å². The number of Topliss-reactive ketones (excluding diaryl/α,β-unsaturated/α-hetero) is 1. The molecule has 0 radical (unpaired) electrons. The number of ketones is 1. The summed E-state index contributed by atoms with van der Waals surface area (Å²) in [6.45, 7) is 9.68. The van der Waals surface area contributed by atoms with Gasteiger partial charge in [-0.2, -0.15) is 0 Å². The fraction of sp³-hybridized carbons (Fsp3) is 0.971. The third-order valence-electron chi connectivity index (χ3n) is 13.9. The van der Waals surface area contributed by atoms with E-state index in [1.807, 2.05) is 20.8 Å². The van der Waals surface area contributed by atoms with E-state index in [0.29, 0.717) is 31.1 Å². The van der Waals surface area contributed by atoms with Crippen molar-refractivity contribution in [3.8, 4) is 0 Å². The van der Waals surface area contributed by atoms with Gasteiger partial charge in [0.05, 0.1) is 37.6 Å². The van der Waals surface area contributed by atoms with Gasteiger partial charge in [-0.25, -0.2) is 0 Å². The number of carbonyl (C=O) groups is 1. The molecule has 11 nitrogen and oxygen atoms in total. The molecule has 1 heterocycles. The fourth-order valence-corrected chi connectivity index (χ4v) is 10.8. The van der Waals surface area contributed by atoms with Crippen LogP contribution in [0.15, 0.2) is 0 Å². The number of rotatable bonds is 9. The molecule has 4 saturated carbocycles. The molecular weight excluding hydrogens is 584 g/mol. The van der Waals surface area contributed by atoms with Crippen LogP contribution in [0.5, 0.6) is 0 Å². The van der Waals surface area contributed by atoms with E-state index in [1.165, 1.54) is 0 Å². The topological polar surface area (TPSA) is 197 Å². The van der Waals surface area contributed by atoms with Gasteiger partial charge in [0.15, 0.2) is 6.29 Å². The maximum absolute atomic E-state index is 13.5. The summed E-state index contributed by atoms with van der Waals surface area (Å²) in [6.07, 6.45) is -5.41. The fourth-order valence-electron chi connectivity index (χ4n) is 10.8. The Morgan fingerprint density at radius 1 is 0.889 bits per heavy atom. The van der Waals surface area contributed by atoms with E-state index < -0.39 is 61.7 Å². The first kappa shape index (κ1) is 35.6. The second-order valence-electron chi connectivity index (χ2n) is 16.1. The maximum atomic E-state index is 13.5. The van der Waals surface area contributed by atoms with E-state index >= 15 is 0 Å². The summed E-state index contributed by atoms with van der Waals surface area (Å²) in [6, 6.07) is 0. The molecule has 0 aromatic rings. The molecule has 11 heteroatoms. The van der Waals surface area contributed by atoms with Crippen molar-refractivity contribution in [2.45, 2.75) is 135 Å². The Morgan fingerprint density at radius 3 is 2.22 bits per heavy atom. The van der Waals surface area contributed by atoms with Crippen molar-refractivity contribution in [2.24, 2.45) is 58.2 Å². The lowest BCUT2D eigenvalue weighted by Crippen LogP contribution is -2.59. The number of hydrogen-bond donors (Lipinski definition) is 8. The summed E-state index contributed by atoms with van der Waals surface area (Å²) >= 11 is 0. The first-order valence-electron chi connectivity index (χ1n) is 17.2. The van der Waals surface area contributed by atoms with E-state index in [-0.39, 0.29) is 58.7 Å². The van der Waals surface area contributed by atoms with E-state index in [1.54, 1.807) is 0 Å². The third-order valence-corrected chi connectivity index (χ3v) is 13.9. The number of fused-ring (bicyclic) bond motifs is 5. The molecule has 5 fully saturated rings. The Labute approximate surface area is 266 Å². The lowest BCUT2D eigenvalue weighted by Gasteiger charge is -2.61. The highest BCUT2D eigenvalue weighted by Crippen LogP contribution is 2.68. The van der Waals surface area contributed by atoms with Crippen molar-refractivity contribution in [1.82, 2.24) is 0 Å². The van der Waals surface area contributed by atoms with Gasteiger partial charge in [0.25, 0.3) is 0 Å². The molecule has 1 unspecified atom stereocenters. The van der Waals surface area contributed by atoms with Crippen molar-refractivity contribution in [3.05, 3.63) is 0 Å². The van der Waals surface area contributed by atoms with Crippen LogP contribution in [0.3, 0.4) is 0 Å². The molecule has 0 aromatic carbocycles. The van der Waals surface area contributed by atoms with Crippen molar-refractivity contribution in [3.63, 3.8) is 0 Å². The predicted octanol–water partition coefficient (Wildman–Crippen LogP) is 0.603. The monoisotopic (exact) mass is 642 g/mol. The van der Waals surface area contributed by atoms with Gasteiger partial charge in [0, 0.05) is 12.3 Å². The van der Waals surface area contributed by atoms with Crippen LogP contribution in [-0.4, -0.2) is 115 Å². The second kappa shape index (κ2) is 13.3. The zero-order valence-electron chi connectivity index (χ0n) is 27.5. The van der Waals surface area contributed by atoms with Crippen molar-refractivity contribution in [1.29, 1.82) is 0 Å². The van der Waals surface area contributed by atoms with E-state index in [0.717, 1.165) is 25.7 Å². The molecule has 0 amide bonds. The van der Waals surface area contributed by atoms with Gasteiger partial charge in [0.2, 0.25) is 0 Å². The molecule has 4 aliphatic carbocycles. The van der Waals surface area contributed by atoms with Crippen LogP contribution in [0.1, 0.15) is 79.6 Å². The Morgan fingerprint density at radius 2 is 1.56 bits per heavy atom. The predicted molar refractivity (Wildman–Crippen MR) is 162 cm³/mol. The lowest BCUT2D eigenvalue weighted by atomic mass is 9.44. The van der Waals surface area contributed by atoms with Crippen molar-refractivity contribution < 1.29 is 55.1 Å². The van der Waals surface area contributed by atoms with Crippen LogP contribution >= 0.6 is 0 Å². The highest BCUT2D eigenvalue weighted by molar-refractivity contribution is 5.83. The van der Waals surface area contributed by atoms with E-state index in [9.17, 15) is 45.6 Å². The van der Waals surface area contributed by atoms with Gasteiger partial charge < -0.3 is 50.3 Å². The van der Waals surface area contributed by atoms with E-state index in [2.05, 4.69) is 13.8 Å². The number of aliphatic hydroxyl groups is 8. The summed E-state index contributed by atoms with van der Waals surface area (Å²) in [5, 5.41) is 83.6. The molecule has 0 spiro atoms. The minimum Gasteiger partial charge on any atom is -0.394 e. The van der Waals surface area contributed by atoms with Crippen LogP contribution in [0.4, 0.5) is 0 Å². The van der Waals surface area contributed by atoms with Crippen molar-refractivity contribution in [2.75, 3.05) is 13.2 Å². The van der Waals surface area contributed by atoms with Crippen LogP contribution in [0.2, 0.25) is 0 Å². The Hall–Kier alpha value is -0.730. The number of ether oxygens (including phenoxy) is 2. The molecule has 260 valence electrons. The van der Waals surface area contributed by atoms with Gasteiger partial charge in [-0.15, -0.1) is 0 Å². The highest BCUT2D eigenvalue weighted by atomic mass is 16.7. The molecule has 8 N–H and O–H groups in total. The molecule has 5 rings (SSSR count). The third kappa shape index (κ3) is 6.06. The first-order chi connectivity index (χ1) is 21.1. The van der Waals surface area contributed by atoms with Gasteiger partial charge in [0.1, 0.15) is 30.2 Å². The number of hydrogen-bond acceptors (Lipinski definition) is 11. The number of carbonyl (C=O) groups excluding carboxylic acids is 1. The normalized spacial score (nSPS) is 50.1. The second-order valence-corrected chi connectivity index (χ2v) is 16.1. The average Bonchev–Trinajstić information content (AvgIpc) is 3.36. The quantitative estimate of drug-likeness (QED) is 0.175. The average molecular weight is 643 g/mol. The molecule has 45 heavy (non-hydrogen) atoms. The zero-order chi connectivity index (χ0) is 33.2. The largest absolute Gasteiger partial charge is 0.394 e. The van der Waals surface area contributed by atoms with Crippen molar-refractivity contribution >= 4 is 5.78 Å². The highest BCUT2D eigenvalue weighted by Gasteiger charge is 2.64.